The first-order valence-corrected chi connectivity index (χ1v) is 7.36. The molecule has 15 heavy (non-hydrogen) atoms. The van der Waals surface area contributed by atoms with Crippen LogP contribution in [0.2, 0.25) is 0 Å². The number of hydrogen-bond donors (Lipinski definition) is 0. The Bertz CT molecular complexity index is 184. The second-order valence-corrected chi connectivity index (χ2v) is 5.91. The predicted molar refractivity (Wildman–Crippen MR) is 66.9 cm³/mol. The van der Waals surface area contributed by atoms with Gasteiger partial charge in [0.05, 0.1) is 0 Å². The molecule has 2 fully saturated rings. The van der Waals surface area contributed by atoms with E-state index in [1.807, 2.05) is 0 Å². The Morgan fingerprint density at radius 2 is 1.73 bits per heavy atom. The molecule has 0 radical (unpaired) electrons. The van der Waals surface area contributed by atoms with Crippen molar-refractivity contribution in [3.63, 3.8) is 0 Å². The van der Waals surface area contributed by atoms with Gasteiger partial charge in [-0.15, -0.1) is 0 Å². The van der Waals surface area contributed by atoms with Crippen LogP contribution >= 0.6 is 0 Å². The summed E-state index contributed by atoms with van der Waals surface area (Å²) in [6.45, 7) is 4.79. The Kier molecular flexibility index (Phi) is 4.11. The van der Waals surface area contributed by atoms with Crippen molar-refractivity contribution in [2.75, 3.05) is 0 Å². The standard InChI is InChI=1S/C15H28/c1-3-7-14-12(4-2)10-11-13-8-5-6-9-15(13)14/h12-15H,3-11H2,1-2H3. The maximum absolute atomic E-state index is 2.41. The van der Waals surface area contributed by atoms with E-state index in [2.05, 4.69) is 13.8 Å². The lowest BCUT2D eigenvalue weighted by Crippen LogP contribution is -2.36. The van der Waals surface area contributed by atoms with Gasteiger partial charge in [-0.2, -0.15) is 0 Å². The Morgan fingerprint density at radius 3 is 2.47 bits per heavy atom. The summed E-state index contributed by atoms with van der Waals surface area (Å²) in [4.78, 5) is 0. The van der Waals surface area contributed by atoms with Gasteiger partial charge in [0.2, 0.25) is 0 Å². The fourth-order valence-corrected chi connectivity index (χ4v) is 4.44. The highest BCUT2D eigenvalue weighted by molar-refractivity contribution is 4.88. The van der Waals surface area contributed by atoms with Crippen molar-refractivity contribution in [3.05, 3.63) is 0 Å². The monoisotopic (exact) mass is 208 g/mol. The van der Waals surface area contributed by atoms with Gasteiger partial charge in [0.1, 0.15) is 0 Å². The van der Waals surface area contributed by atoms with Crippen LogP contribution < -0.4 is 0 Å². The van der Waals surface area contributed by atoms with Crippen molar-refractivity contribution in [3.8, 4) is 0 Å². The van der Waals surface area contributed by atoms with Crippen LogP contribution in [-0.4, -0.2) is 0 Å². The predicted octanol–water partition coefficient (Wildman–Crippen LogP) is 5.03. The van der Waals surface area contributed by atoms with Crippen molar-refractivity contribution in [1.82, 2.24) is 0 Å². The topological polar surface area (TPSA) is 0 Å². The van der Waals surface area contributed by atoms with Crippen LogP contribution in [0.15, 0.2) is 0 Å². The Labute approximate surface area is 95.8 Å². The third-order valence-electron chi connectivity index (χ3n) is 5.18. The molecule has 0 aromatic heterocycles. The molecule has 0 aromatic rings. The molecule has 0 N–H and O–H groups in total. The van der Waals surface area contributed by atoms with Crippen LogP contribution in [0, 0.1) is 23.7 Å². The average molecular weight is 208 g/mol. The molecule has 0 heterocycles. The van der Waals surface area contributed by atoms with Gasteiger partial charge >= 0.3 is 0 Å². The molecule has 2 saturated carbocycles. The molecule has 0 aromatic carbocycles. The van der Waals surface area contributed by atoms with Crippen LogP contribution in [-0.2, 0) is 0 Å². The quantitative estimate of drug-likeness (QED) is 0.610. The molecule has 4 unspecified atom stereocenters. The first-order valence-electron chi connectivity index (χ1n) is 7.36. The van der Waals surface area contributed by atoms with Gasteiger partial charge in [-0.25, -0.2) is 0 Å². The zero-order valence-corrected chi connectivity index (χ0v) is 10.7. The molecule has 0 saturated heterocycles. The molecule has 2 aliphatic rings. The number of hydrogen-bond acceptors (Lipinski definition) is 0. The summed E-state index contributed by atoms with van der Waals surface area (Å²) in [5.74, 6) is 4.42. The fraction of sp³-hybridized carbons (Fsp3) is 1.00. The molecule has 2 aliphatic carbocycles. The highest BCUT2D eigenvalue weighted by atomic mass is 14.4. The van der Waals surface area contributed by atoms with E-state index in [0.717, 1.165) is 23.7 Å². The molecular formula is C15H28. The SMILES string of the molecule is CCCC1C(CC)CCC2CCCCC21. The van der Waals surface area contributed by atoms with E-state index in [1.165, 1.54) is 32.1 Å². The van der Waals surface area contributed by atoms with Crippen molar-refractivity contribution in [2.24, 2.45) is 23.7 Å². The molecule has 0 amide bonds. The maximum atomic E-state index is 2.41. The molecule has 0 spiro atoms. The third kappa shape index (κ3) is 2.40. The summed E-state index contributed by atoms with van der Waals surface area (Å²) in [6, 6.07) is 0. The molecule has 88 valence electrons. The summed E-state index contributed by atoms with van der Waals surface area (Å²) >= 11 is 0. The van der Waals surface area contributed by atoms with E-state index in [0.29, 0.717) is 0 Å². The van der Waals surface area contributed by atoms with Gasteiger partial charge in [-0.1, -0.05) is 52.4 Å². The Balaban J connectivity index is 2.03. The average Bonchev–Trinajstić information content (AvgIpc) is 2.30. The van der Waals surface area contributed by atoms with Crippen LogP contribution in [0.3, 0.4) is 0 Å². The molecular weight excluding hydrogens is 180 g/mol. The first-order chi connectivity index (χ1) is 7.36. The van der Waals surface area contributed by atoms with E-state index in [1.54, 1.807) is 25.7 Å². The maximum Gasteiger partial charge on any atom is -0.0355 e. The molecule has 0 heteroatoms. The molecule has 0 nitrogen and oxygen atoms in total. The highest BCUT2D eigenvalue weighted by Crippen LogP contribution is 2.48. The van der Waals surface area contributed by atoms with Gasteiger partial charge < -0.3 is 0 Å². The third-order valence-corrected chi connectivity index (χ3v) is 5.18. The zero-order valence-electron chi connectivity index (χ0n) is 10.7. The Morgan fingerprint density at radius 1 is 0.933 bits per heavy atom. The zero-order chi connectivity index (χ0) is 10.7. The molecule has 4 atom stereocenters. The number of rotatable bonds is 3. The largest absolute Gasteiger partial charge is 0.0654 e. The van der Waals surface area contributed by atoms with Crippen molar-refractivity contribution in [2.45, 2.75) is 71.6 Å². The summed E-state index contributed by atoms with van der Waals surface area (Å²) in [5, 5.41) is 0. The molecule has 0 aliphatic heterocycles. The lowest BCUT2D eigenvalue weighted by Gasteiger charge is -2.46. The van der Waals surface area contributed by atoms with Crippen molar-refractivity contribution >= 4 is 0 Å². The van der Waals surface area contributed by atoms with Gasteiger partial charge in [0.15, 0.2) is 0 Å². The molecule has 2 rings (SSSR count). The summed E-state index contributed by atoms with van der Waals surface area (Å²) < 4.78 is 0. The van der Waals surface area contributed by atoms with E-state index in [9.17, 15) is 0 Å². The van der Waals surface area contributed by atoms with Crippen molar-refractivity contribution in [1.29, 1.82) is 0 Å². The van der Waals surface area contributed by atoms with Gasteiger partial charge in [-0.3, -0.25) is 0 Å². The van der Waals surface area contributed by atoms with Crippen molar-refractivity contribution < 1.29 is 0 Å². The normalized spacial score (nSPS) is 41.2. The minimum Gasteiger partial charge on any atom is -0.0654 e. The Hall–Kier alpha value is 0. The summed E-state index contributed by atoms with van der Waals surface area (Å²) in [6.07, 6.45) is 13.6. The van der Waals surface area contributed by atoms with Gasteiger partial charge in [0.25, 0.3) is 0 Å². The highest BCUT2D eigenvalue weighted by Gasteiger charge is 2.38. The second kappa shape index (κ2) is 5.37. The second-order valence-electron chi connectivity index (χ2n) is 5.91. The van der Waals surface area contributed by atoms with Crippen LogP contribution in [0.5, 0.6) is 0 Å². The summed E-state index contributed by atoms with van der Waals surface area (Å²) in [7, 11) is 0. The first kappa shape index (κ1) is 11.5. The van der Waals surface area contributed by atoms with Crippen LogP contribution in [0.1, 0.15) is 71.6 Å². The lowest BCUT2D eigenvalue weighted by atomic mass is 9.60. The minimum absolute atomic E-state index is 1.07. The summed E-state index contributed by atoms with van der Waals surface area (Å²) in [5.41, 5.74) is 0. The smallest absolute Gasteiger partial charge is 0.0355 e. The lowest BCUT2D eigenvalue weighted by molar-refractivity contribution is 0.0466. The van der Waals surface area contributed by atoms with Crippen LogP contribution in [0.4, 0.5) is 0 Å². The van der Waals surface area contributed by atoms with Crippen LogP contribution in [0.25, 0.3) is 0 Å². The number of fused-ring (bicyclic) bond motifs is 1. The van der Waals surface area contributed by atoms with Gasteiger partial charge in [0, 0.05) is 0 Å². The van der Waals surface area contributed by atoms with E-state index >= 15 is 0 Å². The van der Waals surface area contributed by atoms with Gasteiger partial charge in [-0.05, 0) is 42.9 Å². The minimum atomic E-state index is 1.07. The fourth-order valence-electron chi connectivity index (χ4n) is 4.44. The molecule has 0 bridgehead atoms. The van der Waals surface area contributed by atoms with E-state index < -0.39 is 0 Å². The van der Waals surface area contributed by atoms with E-state index in [-0.39, 0.29) is 0 Å². The van der Waals surface area contributed by atoms with E-state index in [4.69, 9.17) is 0 Å².